The second-order valence-electron chi connectivity index (χ2n) is 4.39. The zero-order chi connectivity index (χ0) is 10.7. The molecule has 0 radical (unpaired) electrons. The second-order valence-corrected chi connectivity index (χ2v) is 4.39. The van der Waals surface area contributed by atoms with Gasteiger partial charge in [-0.25, -0.2) is 4.39 Å². The maximum absolute atomic E-state index is 12.7. The highest BCUT2D eigenvalue weighted by Crippen LogP contribution is 2.29. The Morgan fingerprint density at radius 2 is 2.07 bits per heavy atom. The zero-order valence-electron chi connectivity index (χ0n) is 8.67. The van der Waals surface area contributed by atoms with Gasteiger partial charge in [-0.3, -0.25) is 0 Å². The first kappa shape index (κ1) is 10.6. The summed E-state index contributed by atoms with van der Waals surface area (Å²) in [5.41, 5.74) is 1.05. The van der Waals surface area contributed by atoms with Gasteiger partial charge in [-0.05, 0) is 37.1 Å². The highest BCUT2D eigenvalue weighted by atomic mass is 19.1. The molecule has 0 bridgehead atoms. The Bertz CT molecular complexity index is 317. The van der Waals surface area contributed by atoms with Crippen molar-refractivity contribution in [3.05, 3.63) is 35.6 Å². The Morgan fingerprint density at radius 1 is 1.33 bits per heavy atom. The van der Waals surface area contributed by atoms with E-state index in [0.29, 0.717) is 0 Å². The number of halogens is 1. The molecule has 1 aliphatic heterocycles. The summed E-state index contributed by atoms with van der Waals surface area (Å²) in [6.07, 6.45) is 1.80. The molecule has 2 nitrogen and oxygen atoms in total. The third-order valence-corrected chi connectivity index (χ3v) is 3.16. The Morgan fingerprint density at radius 3 is 2.60 bits per heavy atom. The van der Waals surface area contributed by atoms with E-state index < -0.39 is 0 Å². The lowest BCUT2D eigenvalue weighted by molar-refractivity contribution is 0.143. The van der Waals surface area contributed by atoms with Crippen LogP contribution in [-0.2, 0) is 6.42 Å². The molecule has 0 amide bonds. The molecule has 2 N–H and O–H groups in total. The van der Waals surface area contributed by atoms with Gasteiger partial charge in [0.25, 0.3) is 0 Å². The molecule has 2 rings (SSSR count). The molecule has 1 saturated heterocycles. The van der Waals surface area contributed by atoms with Crippen molar-refractivity contribution in [1.29, 1.82) is 0 Å². The lowest BCUT2D eigenvalue weighted by Crippen LogP contribution is -2.30. The predicted molar refractivity (Wildman–Crippen MR) is 57.1 cm³/mol. The fourth-order valence-corrected chi connectivity index (χ4v) is 2.17. The highest BCUT2D eigenvalue weighted by Gasteiger charge is 2.33. The third kappa shape index (κ3) is 2.36. The van der Waals surface area contributed by atoms with Crippen molar-refractivity contribution in [2.24, 2.45) is 5.41 Å². The van der Waals surface area contributed by atoms with Crippen molar-refractivity contribution >= 4 is 0 Å². The molecule has 0 spiro atoms. The van der Waals surface area contributed by atoms with Crippen LogP contribution in [0.25, 0.3) is 0 Å². The summed E-state index contributed by atoms with van der Waals surface area (Å²) in [5, 5.41) is 12.7. The Balaban J connectivity index is 2.09. The van der Waals surface area contributed by atoms with E-state index >= 15 is 0 Å². The van der Waals surface area contributed by atoms with Gasteiger partial charge in [0.05, 0.1) is 6.61 Å². The minimum Gasteiger partial charge on any atom is -0.396 e. The number of rotatable bonds is 3. The quantitative estimate of drug-likeness (QED) is 0.787. The molecule has 1 unspecified atom stereocenters. The summed E-state index contributed by atoms with van der Waals surface area (Å²) in [6.45, 7) is 2.00. The van der Waals surface area contributed by atoms with Crippen LogP contribution in [0.4, 0.5) is 4.39 Å². The van der Waals surface area contributed by atoms with Gasteiger partial charge in [0.2, 0.25) is 0 Å². The average Bonchev–Trinajstić information content (AvgIpc) is 2.71. The van der Waals surface area contributed by atoms with Crippen LogP contribution in [0.1, 0.15) is 12.0 Å². The molecule has 1 heterocycles. The Hall–Kier alpha value is -0.930. The smallest absolute Gasteiger partial charge is 0.123 e. The topological polar surface area (TPSA) is 32.3 Å². The minimum atomic E-state index is -0.207. The van der Waals surface area contributed by atoms with Gasteiger partial charge in [-0.15, -0.1) is 0 Å². The second kappa shape index (κ2) is 4.29. The minimum absolute atomic E-state index is 0.0438. The summed E-state index contributed by atoms with van der Waals surface area (Å²) in [7, 11) is 0. The van der Waals surface area contributed by atoms with E-state index in [-0.39, 0.29) is 17.8 Å². The van der Waals surface area contributed by atoms with Crippen LogP contribution in [-0.4, -0.2) is 24.8 Å². The van der Waals surface area contributed by atoms with E-state index in [0.717, 1.165) is 31.5 Å². The summed E-state index contributed by atoms with van der Waals surface area (Å²) in [5.74, 6) is -0.207. The maximum Gasteiger partial charge on any atom is 0.123 e. The number of hydrogen-bond acceptors (Lipinski definition) is 2. The fraction of sp³-hybridized carbons (Fsp3) is 0.500. The van der Waals surface area contributed by atoms with Crippen molar-refractivity contribution in [3.63, 3.8) is 0 Å². The number of benzene rings is 1. The summed E-state index contributed by atoms with van der Waals surface area (Å²) >= 11 is 0. The Labute approximate surface area is 89.1 Å². The van der Waals surface area contributed by atoms with Crippen LogP contribution in [0.3, 0.4) is 0 Å². The van der Waals surface area contributed by atoms with E-state index in [9.17, 15) is 9.50 Å². The third-order valence-electron chi connectivity index (χ3n) is 3.16. The molecule has 82 valence electrons. The van der Waals surface area contributed by atoms with Crippen LogP contribution in [0.2, 0.25) is 0 Å². The number of aliphatic hydroxyl groups is 1. The number of hydrogen-bond donors (Lipinski definition) is 2. The fourth-order valence-electron chi connectivity index (χ4n) is 2.17. The van der Waals surface area contributed by atoms with Crippen LogP contribution in [0.15, 0.2) is 24.3 Å². The van der Waals surface area contributed by atoms with Crippen LogP contribution in [0.5, 0.6) is 0 Å². The summed E-state index contributed by atoms with van der Waals surface area (Å²) in [4.78, 5) is 0. The van der Waals surface area contributed by atoms with Crippen LogP contribution < -0.4 is 5.32 Å². The van der Waals surface area contributed by atoms with Crippen molar-refractivity contribution < 1.29 is 9.50 Å². The molecule has 1 atom stereocenters. The van der Waals surface area contributed by atoms with Gasteiger partial charge in [0.15, 0.2) is 0 Å². The lowest BCUT2D eigenvalue weighted by atomic mass is 9.82. The normalized spacial score (nSPS) is 25.7. The highest BCUT2D eigenvalue weighted by molar-refractivity contribution is 5.18. The molecular weight excluding hydrogens is 193 g/mol. The van der Waals surface area contributed by atoms with Crippen molar-refractivity contribution in [2.75, 3.05) is 19.7 Å². The van der Waals surface area contributed by atoms with Gasteiger partial charge in [0, 0.05) is 12.0 Å². The molecule has 0 aliphatic carbocycles. The van der Waals surface area contributed by atoms with Gasteiger partial charge < -0.3 is 10.4 Å². The molecule has 1 aromatic rings. The van der Waals surface area contributed by atoms with Gasteiger partial charge in [-0.2, -0.15) is 0 Å². The molecule has 1 fully saturated rings. The number of aliphatic hydroxyl groups excluding tert-OH is 1. The van der Waals surface area contributed by atoms with Crippen molar-refractivity contribution in [2.45, 2.75) is 12.8 Å². The molecule has 0 saturated carbocycles. The van der Waals surface area contributed by atoms with E-state index in [2.05, 4.69) is 5.32 Å². The molecule has 15 heavy (non-hydrogen) atoms. The first-order valence-electron chi connectivity index (χ1n) is 5.30. The van der Waals surface area contributed by atoms with E-state index in [1.54, 1.807) is 12.1 Å². The van der Waals surface area contributed by atoms with Gasteiger partial charge in [-0.1, -0.05) is 12.1 Å². The maximum atomic E-state index is 12.7. The molecule has 1 aromatic carbocycles. The first-order valence-corrected chi connectivity index (χ1v) is 5.30. The first-order chi connectivity index (χ1) is 7.24. The number of nitrogens with one attached hydrogen (secondary N) is 1. The van der Waals surface area contributed by atoms with E-state index in [1.165, 1.54) is 12.1 Å². The van der Waals surface area contributed by atoms with Crippen LogP contribution in [0, 0.1) is 11.2 Å². The molecular formula is C12H16FNO. The van der Waals surface area contributed by atoms with Crippen molar-refractivity contribution in [3.8, 4) is 0 Å². The van der Waals surface area contributed by atoms with Gasteiger partial charge in [0.1, 0.15) is 5.82 Å². The zero-order valence-corrected chi connectivity index (χ0v) is 8.67. The largest absolute Gasteiger partial charge is 0.396 e. The molecule has 1 aliphatic rings. The predicted octanol–water partition coefficient (Wildman–Crippen LogP) is 1.34. The summed E-state index contributed by atoms with van der Waals surface area (Å²) in [6, 6.07) is 6.54. The van der Waals surface area contributed by atoms with Gasteiger partial charge >= 0.3 is 0 Å². The molecule has 3 heteroatoms. The van der Waals surface area contributed by atoms with E-state index in [4.69, 9.17) is 0 Å². The standard InChI is InChI=1S/C12H16FNO/c13-11-3-1-10(2-4-11)7-12(9-15)5-6-14-8-12/h1-4,14-15H,5-9H2. The van der Waals surface area contributed by atoms with Crippen LogP contribution >= 0.6 is 0 Å². The Kier molecular flexibility index (Phi) is 3.03. The average molecular weight is 209 g/mol. The molecule has 0 aromatic heterocycles. The van der Waals surface area contributed by atoms with Crippen molar-refractivity contribution in [1.82, 2.24) is 5.32 Å². The van der Waals surface area contributed by atoms with E-state index in [1.807, 2.05) is 0 Å². The monoisotopic (exact) mass is 209 g/mol. The summed E-state index contributed by atoms with van der Waals surface area (Å²) < 4.78 is 12.7. The SMILES string of the molecule is OCC1(Cc2ccc(F)cc2)CCNC1. The lowest BCUT2D eigenvalue weighted by Gasteiger charge is -2.25.